The van der Waals surface area contributed by atoms with Crippen molar-refractivity contribution < 1.29 is 4.42 Å². The van der Waals surface area contributed by atoms with Crippen molar-refractivity contribution in [3.05, 3.63) is 34.6 Å². The van der Waals surface area contributed by atoms with Gasteiger partial charge in [0.1, 0.15) is 11.3 Å². The Kier molecular flexibility index (Phi) is 3.24. The monoisotopic (exact) mass is 245 g/mol. The van der Waals surface area contributed by atoms with Crippen LogP contribution >= 0.6 is 0 Å². The molecule has 2 nitrogen and oxygen atoms in total. The van der Waals surface area contributed by atoms with Crippen molar-refractivity contribution in [1.82, 2.24) is 0 Å². The fraction of sp³-hybridized carbons (Fsp3) is 0.500. The minimum Gasteiger partial charge on any atom is -0.459 e. The molecular formula is C16H23NO. The van der Waals surface area contributed by atoms with E-state index in [1.807, 2.05) is 0 Å². The van der Waals surface area contributed by atoms with Crippen LogP contribution in [-0.2, 0) is 18.4 Å². The second-order valence-electron chi connectivity index (χ2n) is 5.95. The molecule has 2 N–H and O–H groups in total. The molecule has 18 heavy (non-hydrogen) atoms. The molecule has 2 aromatic rings. The lowest BCUT2D eigenvalue weighted by Crippen LogP contribution is -2.11. The molecule has 1 heterocycles. The Bertz CT molecular complexity index is 573. The fourth-order valence-electron chi connectivity index (χ4n) is 2.62. The normalized spacial score (nSPS) is 12.3. The van der Waals surface area contributed by atoms with Gasteiger partial charge in [0.25, 0.3) is 0 Å². The van der Waals surface area contributed by atoms with Crippen LogP contribution in [0, 0.1) is 6.92 Å². The van der Waals surface area contributed by atoms with E-state index in [1.54, 1.807) is 0 Å². The summed E-state index contributed by atoms with van der Waals surface area (Å²) < 4.78 is 6.05. The second kappa shape index (κ2) is 4.43. The Hall–Kier alpha value is -1.28. The average molecular weight is 245 g/mol. The van der Waals surface area contributed by atoms with Crippen molar-refractivity contribution in [2.75, 3.05) is 0 Å². The van der Waals surface area contributed by atoms with Gasteiger partial charge in [-0.15, -0.1) is 0 Å². The second-order valence-corrected chi connectivity index (χ2v) is 5.95. The van der Waals surface area contributed by atoms with Gasteiger partial charge in [0.2, 0.25) is 0 Å². The van der Waals surface area contributed by atoms with Crippen molar-refractivity contribution in [2.24, 2.45) is 5.73 Å². The molecule has 0 spiro atoms. The molecule has 98 valence electrons. The van der Waals surface area contributed by atoms with Gasteiger partial charge in [0, 0.05) is 16.5 Å². The van der Waals surface area contributed by atoms with E-state index >= 15 is 0 Å². The predicted octanol–water partition coefficient (Wildman–Crippen LogP) is 4.06. The first kappa shape index (κ1) is 13.2. The zero-order valence-corrected chi connectivity index (χ0v) is 12.1. The third-order valence-electron chi connectivity index (χ3n) is 3.58. The zero-order chi connectivity index (χ0) is 13.5. The van der Waals surface area contributed by atoms with Crippen LogP contribution in [0.3, 0.4) is 0 Å². The van der Waals surface area contributed by atoms with Gasteiger partial charge in [-0.05, 0) is 24.3 Å². The topological polar surface area (TPSA) is 39.2 Å². The maximum absolute atomic E-state index is 6.05. The molecule has 2 rings (SSSR count). The molecule has 1 aromatic heterocycles. The highest BCUT2D eigenvalue weighted by molar-refractivity contribution is 5.89. The molecule has 0 aliphatic heterocycles. The van der Waals surface area contributed by atoms with Crippen LogP contribution in [0.4, 0.5) is 0 Å². The summed E-state index contributed by atoms with van der Waals surface area (Å²) in [4.78, 5) is 0. The summed E-state index contributed by atoms with van der Waals surface area (Å²) >= 11 is 0. The smallest absolute Gasteiger partial charge is 0.138 e. The number of aryl methyl sites for hydroxylation is 2. The van der Waals surface area contributed by atoms with Crippen LogP contribution in [0.15, 0.2) is 16.5 Å². The van der Waals surface area contributed by atoms with Gasteiger partial charge < -0.3 is 10.2 Å². The SMILES string of the molecule is CCc1c(CN)oc2c(C(C)(C)C)ccc(C)c12. The van der Waals surface area contributed by atoms with E-state index in [4.69, 9.17) is 10.2 Å². The average Bonchev–Trinajstić information content (AvgIpc) is 2.66. The van der Waals surface area contributed by atoms with Gasteiger partial charge in [-0.25, -0.2) is 0 Å². The van der Waals surface area contributed by atoms with Crippen molar-refractivity contribution in [2.45, 2.75) is 53.0 Å². The summed E-state index contributed by atoms with van der Waals surface area (Å²) in [5.74, 6) is 0.937. The predicted molar refractivity (Wildman–Crippen MR) is 76.9 cm³/mol. The Balaban J connectivity index is 2.87. The van der Waals surface area contributed by atoms with Crippen LogP contribution in [0.25, 0.3) is 11.0 Å². The summed E-state index contributed by atoms with van der Waals surface area (Å²) in [5, 5.41) is 1.27. The van der Waals surface area contributed by atoms with Gasteiger partial charge in [-0.2, -0.15) is 0 Å². The molecule has 0 aliphatic carbocycles. The highest BCUT2D eigenvalue weighted by atomic mass is 16.3. The van der Waals surface area contributed by atoms with Crippen LogP contribution in [-0.4, -0.2) is 0 Å². The number of benzene rings is 1. The molecule has 0 aliphatic rings. The van der Waals surface area contributed by atoms with Crippen molar-refractivity contribution in [1.29, 1.82) is 0 Å². The molecule has 0 saturated heterocycles. The molecule has 1 aromatic carbocycles. The number of nitrogens with two attached hydrogens (primary N) is 1. The van der Waals surface area contributed by atoms with Crippen molar-refractivity contribution in [3.63, 3.8) is 0 Å². The van der Waals surface area contributed by atoms with Gasteiger partial charge in [-0.3, -0.25) is 0 Å². The first-order valence-electron chi connectivity index (χ1n) is 6.64. The maximum Gasteiger partial charge on any atom is 0.138 e. The molecule has 0 saturated carbocycles. The molecule has 2 heteroatoms. The third kappa shape index (κ3) is 1.95. The van der Waals surface area contributed by atoms with Crippen LogP contribution < -0.4 is 5.73 Å². The molecule has 0 fully saturated rings. The van der Waals surface area contributed by atoms with E-state index in [2.05, 4.69) is 46.8 Å². The van der Waals surface area contributed by atoms with Crippen LogP contribution in [0.1, 0.15) is 50.1 Å². The number of rotatable bonds is 2. The lowest BCUT2D eigenvalue weighted by molar-refractivity contribution is 0.523. The number of hydrogen-bond donors (Lipinski definition) is 1. The first-order valence-corrected chi connectivity index (χ1v) is 6.64. The Morgan fingerprint density at radius 3 is 2.39 bits per heavy atom. The summed E-state index contributed by atoms with van der Waals surface area (Å²) in [6.07, 6.45) is 0.966. The first-order chi connectivity index (χ1) is 8.40. The number of hydrogen-bond acceptors (Lipinski definition) is 2. The summed E-state index contributed by atoms with van der Waals surface area (Å²) in [7, 11) is 0. The number of furan rings is 1. The summed E-state index contributed by atoms with van der Waals surface area (Å²) in [6.45, 7) is 11.4. The quantitative estimate of drug-likeness (QED) is 0.866. The van der Waals surface area contributed by atoms with Crippen LogP contribution in [0.2, 0.25) is 0 Å². The molecule has 0 unspecified atom stereocenters. The third-order valence-corrected chi connectivity index (χ3v) is 3.58. The van der Waals surface area contributed by atoms with Gasteiger partial charge in [0.05, 0.1) is 6.54 Å². The zero-order valence-electron chi connectivity index (χ0n) is 12.1. The fourth-order valence-corrected chi connectivity index (χ4v) is 2.62. The Morgan fingerprint density at radius 2 is 1.89 bits per heavy atom. The van der Waals surface area contributed by atoms with Gasteiger partial charge >= 0.3 is 0 Å². The number of fused-ring (bicyclic) bond motifs is 1. The van der Waals surface area contributed by atoms with Gasteiger partial charge in [-0.1, -0.05) is 39.8 Å². The van der Waals surface area contributed by atoms with Gasteiger partial charge in [0.15, 0.2) is 0 Å². The molecule has 0 amide bonds. The van der Waals surface area contributed by atoms with Crippen LogP contribution in [0.5, 0.6) is 0 Å². The Labute approximate surface area is 109 Å². The lowest BCUT2D eigenvalue weighted by Gasteiger charge is -2.19. The van der Waals surface area contributed by atoms with E-state index in [1.165, 1.54) is 22.1 Å². The Morgan fingerprint density at radius 1 is 1.22 bits per heavy atom. The van der Waals surface area contributed by atoms with E-state index in [0.717, 1.165) is 17.8 Å². The molecular weight excluding hydrogens is 222 g/mol. The van der Waals surface area contributed by atoms with E-state index in [-0.39, 0.29) is 5.41 Å². The molecule has 0 atom stereocenters. The standard InChI is InChI=1S/C16H23NO/c1-6-11-13(9-17)18-15-12(16(3,4)5)8-7-10(2)14(11)15/h7-8H,6,9,17H2,1-5H3. The van der Waals surface area contributed by atoms with E-state index in [9.17, 15) is 0 Å². The maximum atomic E-state index is 6.05. The highest BCUT2D eigenvalue weighted by Crippen LogP contribution is 2.36. The summed E-state index contributed by atoms with van der Waals surface area (Å²) in [6, 6.07) is 4.37. The van der Waals surface area contributed by atoms with E-state index < -0.39 is 0 Å². The van der Waals surface area contributed by atoms with Crippen molar-refractivity contribution >= 4 is 11.0 Å². The van der Waals surface area contributed by atoms with E-state index in [0.29, 0.717) is 6.54 Å². The largest absolute Gasteiger partial charge is 0.459 e. The minimum absolute atomic E-state index is 0.0840. The summed E-state index contributed by atoms with van der Waals surface area (Å²) in [5.41, 5.74) is 10.7. The minimum atomic E-state index is 0.0840. The van der Waals surface area contributed by atoms with Crippen molar-refractivity contribution in [3.8, 4) is 0 Å². The highest BCUT2D eigenvalue weighted by Gasteiger charge is 2.23. The molecule has 0 radical (unpaired) electrons. The lowest BCUT2D eigenvalue weighted by atomic mass is 9.85. The molecule has 0 bridgehead atoms.